The molecule has 0 bridgehead atoms. The Hall–Kier alpha value is -3.72. The molecule has 4 rings (SSSR count). The molecule has 170 valence electrons. The number of morpholine rings is 1. The first-order chi connectivity index (χ1) is 15.9. The van der Waals surface area contributed by atoms with Crippen LogP contribution in [0.2, 0.25) is 0 Å². The molecule has 1 saturated heterocycles. The van der Waals surface area contributed by atoms with Crippen LogP contribution in [-0.2, 0) is 4.74 Å². The Bertz CT molecular complexity index is 1200. The van der Waals surface area contributed by atoms with Crippen molar-refractivity contribution in [3.05, 3.63) is 70.8 Å². The van der Waals surface area contributed by atoms with Crippen LogP contribution in [0.25, 0.3) is 11.1 Å². The number of aryl methyl sites for hydroxylation is 3. The van der Waals surface area contributed by atoms with E-state index in [2.05, 4.69) is 25.3 Å². The Balaban J connectivity index is 1.57. The summed E-state index contributed by atoms with van der Waals surface area (Å²) in [5, 5.41) is 2.56. The zero-order valence-electron chi connectivity index (χ0n) is 19.1. The maximum atomic E-state index is 13.1. The van der Waals surface area contributed by atoms with Crippen LogP contribution in [0.4, 0.5) is 0 Å². The molecular weight excluding hydrogens is 420 g/mol. The molecule has 1 N–H and O–H groups in total. The molecule has 1 aliphatic rings. The zero-order chi connectivity index (χ0) is 23.5. The number of ether oxygens (including phenoxy) is 1. The van der Waals surface area contributed by atoms with Crippen LogP contribution in [0.3, 0.4) is 0 Å². The lowest BCUT2D eigenvalue weighted by Crippen LogP contribution is -2.42. The van der Waals surface area contributed by atoms with Gasteiger partial charge in [0.1, 0.15) is 17.6 Å². The van der Waals surface area contributed by atoms with E-state index in [9.17, 15) is 9.59 Å². The minimum Gasteiger partial charge on any atom is -0.368 e. The van der Waals surface area contributed by atoms with Gasteiger partial charge in [-0.2, -0.15) is 0 Å². The number of carbonyl (C=O) groups is 2. The minimum atomic E-state index is -0.355. The van der Waals surface area contributed by atoms with E-state index in [1.165, 1.54) is 0 Å². The third-order valence-corrected chi connectivity index (χ3v) is 5.54. The first kappa shape index (κ1) is 22.5. The second kappa shape index (κ2) is 9.41. The van der Waals surface area contributed by atoms with Gasteiger partial charge >= 0.3 is 0 Å². The number of rotatable bonds is 4. The van der Waals surface area contributed by atoms with Crippen molar-refractivity contribution in [3.8, 4) is 11.1 Å². The fourth-order valence-corrected chi connectivity index (χ4v) is 3.83. The summed E-state index contributed by atoms with van der Waals surface area (Å²) in [4.78, 5) is 44.0. The lowest BCUT2D eigenvalue weighted by Gasteiger charge is -2.33. The summed E-state index contributed by atoms with van der Waals surface area (Å²) in [5.74, 6) is 0.295. The number of amides is 2. The van der Waals surface area contributed by atoms with Crippen molar-refractivity contribution in [2.24, 2.45) is 0 Å². The van der Waals surface area contributed by atoms with Gasteiger partial charge in [-0.15, -0.1) is 0 Å². The normalized spacial score (nSPS) is 15.9. The predicted octanol–water partition coefficient (Wildman–Crippen LogP) is 2.43. The summed E-state index contributed by atoms with van der Waals surface area (Å²) in [7, 11) is 1.57. The molecule has 9 heteroatoms. The van der Waals surface area contributed by atoms with E-state index >= 15 is 0 Å². The number of hydrogen-bond acceptors (Lipinski definition) is 7. The number of carbonyl (C=O) groups excluding carboxylic acids is 2. The first-order valence-electron chi connectivity index (χ1n) is 10.7. The summed E-state index contributed by atoms with van der Waals surface area (Å²) in [5.41, 5.74) is 4.88. The van der Waals surface area contributed by atoms with Crippen LogP contribution in [0.1, 0.15) is 49.9 Å². The quantitative estimate of drug-likeness (QED) is 0.655. The SMILES string of the molecule is CNC(=O)c1ccc(-c2cc(C)nc([C@H]3CN(C(=O)c4cnc(C)nc4C)CCO3)c2)cn1. The van der Waals surface area contributed by atoms with Gasteiger partial charge in [-0.3, -0.25) is 19.6 Å². The third-order valence-electron chi connectivity index (χ3n) is 5.54. The average molecular weight is 447 g/mol. The Morgan fingerprint density at radius 2 is 1.88 bits per heavy atom. The van der Waals surface area contributed by atoms with Gasteiger partial charge in [-0.25, -0.2) is 9.97 Å². The van der Waals surface area contributed by atoms with Crippen molar-refractivity contribution in [2.75, 3.05) is 26.7 Å². The van der Waals surface area contributed by atoms with Crippen molar-refractivity contribution in [2.45, 2.75) is 26.9 Å². The molecule has 3 aromatic heterocycles. The lowest BCUT2D eigenvalue weighted by atomic mass is 10.0. The van der Waals surface area contributed by atoms with Crippen molar-refractivity contribution in [1.82, 2.24) is 30.2 Å². The molecule has 33 heavy (non-hydrogen) atoms. The number of hydrogen-bond donors (Lipinski definition) is 1. The Labute approximate surface area is 192 Å². The van der Waals surface area contributed by atoms with Crippen LogP contribution >= 0.6 is 0 Å². The summed E-state index contributed by atoms with van der Waals surface area (Å²) in [6.45, 7) is 6.82. The maximum absolute atomic E-state index is 13.1. The predicted molar refractivity (Wildman–Crippen MR) is 122 cm³/mol. The second-order valence-corrected chi connectivity index (χ2v) is 7.96. The van der Waals surface area contributed by atoms with Crippen molar-refractivity contribution < 1.29 is 14.3 Å². The molecule has 1 atom stereocenters. The molecule has 0 spiro atoms. The van der Waals surface area contributed by atoms with Crippen LogP contribution < -0.4 is 5.32 Å². The van der Waals surface area contributed by atoms with Crippen LogP contribution in [-0.4, -0.2) is 63.4 Å². The number of nitrogens with one attached hydrogen (secondary N) is 1. The number of nitrogens with zero attached hydrogens (tertiary/aromatic N) is 5. The van der Waals surface area contributed by atoms with E-state index < -0.39 is 0 Å². The fourth-order valence-electron chi connectivity index (χ4n) is 3.83. The molecule has 0 saturated carbocycles. The molecule has 0 radical (unpaired) electrons. The van der Waals surface area contributed by atoms with Crippen molar-refractivity contribution in [1.29, 1.82) is 0 Å². The molecule has 0 unspecified atom stereocenters. The third kappa shape index (κ3) is 4.88. The lowest BCUT2D eigenvalue weighted by molar-refractivity contribution is -0.0248. The summed E-state index contributed by atoms with van der Waals surface area (Å²) < 4.78 is 5.98. The van der Waals surface area contributed by atoms with Gasteiger partial charge in [0.05, 0.1) is 30.1 Å². The molecule has 1 aliphatic heterocycles. The van der Waals surface area contributed by atoms with E-state index in [0.29, 0.717) is 42.5 Å². The summed E-state index contributed by atoms with van der Waals surface area (Å²) in [6.07, 6.45) is 2.90. The van der Waals surface area contributed by atoms with E-state index in [1.807, 2.05) is 32.0 Å². The highest BCUT2D eigenvalue weighted by molar-refractivity contribution is 5.95. The Morgan fingerprint density at radius 1 is 1.06 bits per heavy atom. The molecule has 9 nitrogen and oxygen atoms in total. The average Bonchev–Trinajstić information content (AvgIpc) is 2.83. The van der Waals surface area contributed by atoms with Gasteiger partial charge in [0.2, 0.25) is 0 Å². The van der Waals surface area contributed by atoms with Crippen LogP contribution in [0, 0.1) is 20.8 Å². The standard InChI is InChI=1S/C24H26N6O3/c1-14-9-18(17-5-6-20(27-11-17)23(31)25-4)10-21(28-14)22-13-30(7-8-33-22)24(32)19-12-26-16(3)29-15(19)2/h5-6,9-12,22H,7-8,13H2,1-4H3,(H,25,31)/t22-/m1/s1. The van der Waals surface area contributed by atoms with Gasteiger partial charge in [0.15, 0.2) is 0 Å². The molecule has 0 aliphatic carbocycles. The van der Waals surface area contributed by atoms with Crippen molar-refractivity contribution in [3.63, 3.8) is 0 Å². The van der Waals surface area contributed by atoms with E-state index in [0.717, 1.165) is 22.5 Å². The van der Waals surface area contributed by atoms with E-state index in [4.69, 9.17) is 4.74 Å². The van der Waals surface area contributed by atoms with Gasteiger partial charge in [0, 0.05) is 37.2 Å². The molecule has 1 fully saturated rings. The van der Waals surface area contributed by atoms with Gasteiger partial charge in [-0.1, -0.05) is 6.07 Å². The van der Waals surface area contributed by atoms with Gasteiger partial charge in [-0.05, 0) is 44.5 Å². The second-order valence-electron chi connectivity index (χ2n) is 7.96. The smallest absolute Gasteiger partial charge is 0.269 e. The Morgan fingerprint density at radius 3 is 2.58 bits per heavy atom. The van der Waals surface area contributed by atoms with E-state index in [1.54, 1.807) is 37.3 Å². The Kier molecular flexibility index (Phi) is 6.41. The first-order valence-corrected chi connectivity index (χ1v) is 10.7. The molecular formula is C24H26N6O3. The molecule has 0 aromatic carbocycles. The highest BCUT2D eigenvalue weighted by atomic mass is 16.5. The number of pyridine rings is 2. The topological polar surface area (TPSA) is 110 Å². The number of aromatic nitrogens is 4. The summed E-state index contributed by atoms with van der Waals surface area (Å²) >= 11 is 0. The molecule has 3 aromatic rings. The monoisotopic (exact) mass is 446 g/mol. The molecule has 2 amide bonds. The highest BCUT2D eigenvalue weighted by Crippen LogP contribution is 2.27. The zero-order valence-corrected chi connectivity index (χ0v) is 19.1. The van der Waals surface area contributed by atoms with Gasteiger partial charge in [0.25, 0.3) is 11.8 Å². The van der Waals surface area contributed by atoms with Gasteiger partial charge < -0.3 is 15.0 Å². The minimum absolute atomic E-state index is 0.109. The van der Waals surface area contributed by atoms with Crippen LogP contribution in [0.15, 0.2) is 36.7 Å². The van der Waals surface area contributed by atoms with Crippen molar-refractivity contribution >= 4 is 11.8 Å². The molecule has 4 heterocycles. The maximum Gasteiger partial charge on any atom is 0.269 e. The van der Waals surface area contributed by atoms with E-state index in [-0.39, 0.29) is 17.9 Å². The van der Waals surface area contributed by atoms with Crippen LogP contribution in [0.5, 0.6) is 0 Å². The largest absolute Gasteiger partial charge is 0.368 e. The summed E-state index contributed by atoms with van der Waals surface area (Å²) in [6, 6.07) is 7.45. The fraction of sp³-hybridized carbons (Fsp3) is 0.333. The highest BCUT2D eigenvalue weighted by Gasteiger charge is 2.28.